The molecular formula is C50H53ClN2O5. The van der Waals surface area contributed by atoms with Crippen LogP contribution in [-0.4, -0.2) is 49.6 Å². The molecule has 0 bridgehead atoms. The predicted octanol–water partition coefficient (Wildman–Crippen LogP) is 11.2. The zero-order valence-corrected chi connectivity index (χ0v) is 34.3. The number of fused-ring (bicyclic) bond motifs is 3. The lowest BCUT2D eigenvalue weighted by Crippen LogP contribution is -2.48. The van der Waals surface area contributed by atoms with Gasteiger partial charge in [0.1, 0.15) is 12.6 Å². The van der Waals surface area contributed by atoms with Gasteiger partial charge in [-0.25, -0.2) is 4.79 Å². The SMILES string of the molecule is CN(C)C(=O)[C@H](CC(=O)OC(c1ccccc1)(c1ccc(C2CCCCCCCCC2)cc1)c1ccccc1Cl)NC(=O)OCC1c2ccccc2-c2ccccc21. The number of carbonyl (C=O) groups excluding carboxylic acids is 3. The van der Waals surface area contributed by atoms with E-state index in [1.54, 1.807) is 20.2 Å². The molecule has 5 aromatic rings. The number of hydrogen-bond acceptors (Lipinski definition) is 5. The molecule has 0 saturated heterocycles. The Morgan fingerprint density at radius 2 is 1.22 bits per heavy atom. The number of halogens is 1. The van der Waals surface area contributed by atoms with Crippen molar-refractivity contribution in [3.8, 4) is 11.1 Å². The summed E-state index contributed by atoms with van der Waals surface area (Å²) in [4.78, 5) is 42.9. The minimum Gasteiger partial charge on any atom is -0.449 e. The van der Waals surface area contributed by atoms with Gasteiger partial charge in [-0.1, -0.05) is 178 Å². The Balaban J connectivity index is 1.16. The lowest BCUT2D eigenvalue weighted by atomic mass is 9.78. The first-order chi connectivity index (χ1) is 28.3. The maximum Gasteiger partial charge on any atom is 0.407 e. The van der Waals surface area contributed by atoms with Crippen LogP contribution in [0.4, 0.5) is 4.79 Å². The van der Waals surface area contributed by atoms with E-state index in [0.717, 1.165) is 40.7 Å². The standard InChI is InChI=1S/C50H53ClN2O5/c1-53(2)48(55)46(52-49(56)57-34-43-41-25-15-13-23-39(41)40-24-14-16-26-42(40)43)33-47(54)58-50(37-21-11-8-12-22-37,44-27-17-18-28-45(44)51)38-31-29-36(30-32-38)35-19-9-6-4-3-5-7-10-20-35/h8,11-18,21-32,35,43,46H,3-7,9-10,19-20,33-34H2,1-2H3,(H,52,56)/t46-,50?/m0/s1. The molecule has 0 heterocycles. The third kappa shape index (κ3) is 9.00. The van der Waals surface area contributed by atoms with Crippen molar-refractivity contribution in [2.75, 3.05) is 20.7 Å². The highest BCUT2D eigenvalue weighted by Crippen LogP contribution is 2.46. The molecule has 2 amide bonds. The Morgan fingerprint density at radius 1 is 0.690 bits per heavy atom. The van der Waals surface area contributed by atoms with Crippen molar-refractivity contribution in [1.29, 1.82) is 0 Å². The van der Waals surface area contributed by atoms with E-state index >= 15 is 0 Å². The smallest absolute Gasteiger partial charge is 0.407 e. The molecule has 2 aliphatic rings. The number of rotatable bonds is 11. The average Bonchev–Trinajstić information content (AvgIpc) is 3.57. The summed E-state index contributed by atoms with van der Waals surface area (Å²) < 4.78 is 12.5. The van der Waals surface area contributed by atoms with Gasteiger partial charge in [0.05, 0.1) is 6.42 Å². The molecule has 2 atom stereocenters. The van der Waals surface area contributed by atoms with Crippen molar-refractivity contribution in [3.05, 3.63) is 166 Å². The zero-order chi connectivity index (χ0) is 40.5. The summed E-state index contributed by atoms with van der Waals surface area (Å²) in [5.41, 5.74) is 6.17. The van der Waals surface area contributed by atoms with E-state index < -0.39 is 36.0 Å². The van der Waals surface area contributed by atoms with Gasteiger partial charge in [-0.05, 0) is 52.6 Å². The molecule has 0 spiro atoms. The molecule has 300 valence electrons. The molecule has 0 radical (unpaired) electrons. The molecule has 8 heteroatoms. The maximum atomic E-state index is 14.5. The van der Waals surface area contributed by atoms with E-state index in [2.05, 4.69) is 41.7 Å². The lowest BCUT2D eigenvalue weighted by Gasteiger charge is -2.36. The van der Waals surface area contributed by atoms with Crippen LogP contribution in [0.5, 0.6) is 0 Å². The highest BCUT2D eigenvalue weighted by atomic mass is 35.5. The summed E-state index contributed by atoms with van der Waals surface area (Å²) in [6.45, 7) is 0.0632. The number of hydrogen-bond donors (Lipinski definition) is 1. The number of alkyl carbamates (subject to hydrolysis) is 1. The van der Waals surface area contributed by atoms with Gasteiger partial charge >= 0.3 is 12.1 Å². The van der Waals surface area contributed by atoms with Crippen LogP contribution in [0.2, 0.25) is 5.02 Å². The van der Waals surface area contributed by atoms with E-state index in [-0.39, 0.29) is 12.5 Å². The number of nitrogens with zero attached hydrogens (tertiary/aromatic N) is 1. The van der Waals surface area contributed by atoms with Crippen LogP contribution >= 0.6 is 11.6 Å². The van der Waals surface area contributed by atoms with Crippen molar-refractivity contribution in [2.45, 2.75) is 87.7 Å². The minimum absolute atomic E-state index is 0.0632. The summed E-state index contributed by atoms with van der Waals surface area (Å²) in [7, 11) is 3.16. The fourth-order valence-electron chi connectivity index (χ4n) is 8.88. The van der Waals surface area contributed by atoms with Gasteiger partial charge in [0, 0.05) is 41.7 Å². The molecular weight excluding hydrogens is 744 g/mol. The molecule has 0 aromatic heterocycles. The molecule has 7 nitrogen and oxygen atoms in total. The van der Waals surface area contributed by atoms with E-state index in [4.69, 9.17) is 21.1 Å². The summed E-state index contributed by atoms with van der Waals surface area (Å²) >= 11 is 7.00. The van der Waals surface area contributed by atoms with Gasteiger partial charge in [0.25, 0.3) is 0 Å². The first-order valence-electron chi connectivity index (χ1n) is 20.7. The van der Waals surface area contributed by atoms with E-state index in [0.29, 0.717) is 22.1 Å². The van der Waals surface area contributed by atoms with Crippen LogP contribution in [0.15, 0.2) is 127 Å². The second kappa shape index (κ2) is 18.9. The Hall–Kier alpha value is -5.40. The highest BCUT2D eigenvalue weighted by Gasteiger charge is 2.43. The molecule has 2 aliphatic carbocycles. The number of carbonyl (C=O) groups is 3. The van der Waals surface area contributed by atoms with Crippen LogP contribution in [0.25, 0.3) is 11.1 Å². The first kappa shape index (κ1) is 40.8. The molecule has 1 saturated carbocycles. The average molecular weight is 797 g/mol. The number of ether oxygens (including phenoxy) is 2. The molecule has 58 heavy (non-hydrogen) atoms. The van der Waals surface area contributed by atoms with Crippen molar-refractivity contribution in [3.63, 3.8) is 0 Å². The number of benzene rings is 5. The predicted molar refractivity (Wildman–Crippen MR) is 230 cm³/mol. The van der Waals surface area contributed by atoms with Crippen LogP contribution in [0, 0.1) is 0 Å². The highest BCUT2D eigenvalue weighted by molar-refractivity contribution is 6.31. The van der Waals surface area contributed by atoms with Gasteiger partial charge in [-0.15, -0.1) is 0 Å². The molecule has 1 fully saturated rings. The van der Waals surface area contributed by atoms with Gasteiger partial charge in [-0.2, -0.15) is 0 Å². The quantitative estimate of drug-likeness (QED) is 0.106. The molecule has 1 unspecified atom stereocenters. The van der Waals surface area contributed by atoms with Crippen molar-refractivity contribution in [1.82, 2.24) is 10.2 Å². The summed E-state index contributed by atoms with van der Waals surface area (Å²) in [6, 6.07) is 40.3. The van der Waals surface area contributed by atoms with Crippen LogP contribution < -0.4 is 5.32 Å². The van der Waals surface area contributed by atoms with Crippen LogP contribution in [0.1, 0.15) is 109 Å². The Morgan fingerprint density at radius 3 is 1.83 bits per heavy atom. The van der Waals surface area contributed by atoms with Gasteiger partial charge in [-0.3, -0.25) is 9.59 Å². The third-order valence-corrected chi connectivity index (χ3v) is 12.2. The second-order valence-corrected chi connectivity index (χ2v) is 16.2. The lowest BCUT2D eigenvalue weighted by molar-refractivity contribution is -0.155. The fraction of sp³-hybridized carbons (Fsp3) is 0.340. The number of likely N-dealkylation sites (N-methyl/N-ethyl adjacent to an activating group) is 1. The number of amides is 2. The summed E-state index contributed by atoms with van der Waals surface area (Å²) in [6.07, 6.45) is 9.96. The Labute approximate surface area is 347 Å². The topological polar surface area (TPSA) is 84.9 Å². The van der Waals surface area contributed by atoms with Crippen LogP contribution in [-0.2, 0) is 24.7 Å². The monoisotopic (exact) mass is 796 g/mol. The number of nitrogens with one attached hydrogen (secondary N) is 1. The van der Waals surface area contributed by atoms with Gasteiger partial charge in [0.2, 0.25) is 5.91 Å². The van der Waals surface area contributed by atoms with E-state index in [9.17, 15) is 14.4 Å². The third-order valence-electron chi connectivity index (χ3n) is 11.8. The normalized spacial score (nSPS) is 16.2. The fourth-order valence-corrected chi connectivity index (χ4v) is 9.15. The van der Waals surface area contributed by atoms with Gasteiger partial charge in [0.15, 0.2) is 5.60 Å². The number of esters is 1. The molecule has 5 aromatic carbocycles. The summed E-state index contributed by atoms with van der Waals surface area (Å²) in [5, 5.41) is 3.12. The maximum absolute atomic E-state index is 14.5. The van der Waals surface area contributed by atoms with Crippen molar-refractivity contribution >= 4 is 29.6 Å². The Bertz CT molecular complexity index is 2130. The first-order valence-corrected chi connectivity index (χ1v) is 21.1. The van der Waals surface area contributed by atoms with Crippen molar-refractivity contribution in [2.24, 2.45) is 0 Å². The zero-order valence-electron chi connectivity index (χ0n) is 33.5. The molecule has 1 N–H and O–H groups in total. The second-order valence-electron chi connectivity index (χ2n) is 15.8. The summed E-state index contributed by atoms with van der Waals surface area (Å²) in [5.74, 6) is -0.869. The van der Waals surface area contributed by atoms with Crippen molar-refractivity contribution < 1.29 is 23.9 Å². The molecule has 7 rings (SSSR count). The Kier molecular flexibility index (Phi) is 13.3. The minimum atomic E-state index is -1.47. The molecule has 0 aliphatic heterocycles. The largest absolute Gasteiger partial charge is 0.449 e. The van der Waals surface area contributed by atoms with E-state index in [1.807, 2.05) is 84.9 Å². The van der Waals surface area contributed by atoms with Gasteiger partial charge < -0.3 is 19.7 Å². The van der Waals surface area contributed by atoms with Crippen LogP contribution in [0.3, 0.4) is 0 Å². The van der Waals surface area contributed by atoms with E-state index in [1.165, 1.54) is 55.4 Å².